The molecule has 0 aliphatic carbocycles. The van der Waals surface area contributed by atoms with Crippen LogP contribution in [0.1, 0.15) is 11.1 Å². The average molecular weight is 612 g/mol. The highest BCUT2D eigenvalue weighted by atomic mass is 32.1. The second kappa shape index (κ2) is 10.3. The Morgan fingerprint density at radius 2 is 0.978 bits per heavy atom. The van der Waals surface area contributed by atoms with Crippen molar-refractivity contribution < 1.29 is 0 Å². The van der Waals surface area contributed by atoms with Crippen molar-refractivity contribution in [1.29, 1.82) is 0 Å². The minimum atomic E-state index is 1.15. The van der Waals surface area contributed by atoms with E-state index in [-0.39, 0.29) is 0 Å². The van der Waals surface area contributed by atoms with E-state index >= 15 is 0 Å². The molecule has 0 spiro atoms. The van der Waals surface area contributed by atoms with E-state index in [9.17, 15) is 0 Å². The molecular formula is C42H29NS2. The second-order valence-corrected chi connectivity index (χ2v) is 14.0. The van der Waals surface area contributed by atoms with Gasteiger partial charge in [0.15, 0.2) is 0 Å². The van der Waals surface area contributed by atoms with Gasteiger partial charge < -0.3 is 4.90 Å². The predicted octanol–water partition coefficient (Wildman–Crippen LogP) is 13.3. The first-order valence-corrected chi connectivity index (χ1v) is 17.0. The van der Waals surface area contributed by atoms with E-state index in [1.807, 2.05) is 22.7 Å². The summed E-state index contributed by atoms with van der Waals surface area (Å²) in [6.07, 6.45) is 0. The number of rotatable bonds is 4. The molecule has 45 heavy (non-hydrogen) atoms. The lowest BCUT2D eigenvalue weighted by atomic mass is 9.98. The molecule has 0 N–H and O–H groups in total. The molecule has 0 aliphatic heterocycles. The molecular weight excluding hydrogens is 583 g/mol. The molecule has 214 valence electrons. The van der Waals surface area contributed by atoms with E-state index in [1.54, 1.807) is 0 Å². The zero-order valence-corrected chi connectivity index (χ0v) is 26.7. The quantitative estimate of drug-likeness (QED) is 0.191. The van der Waals surface area contributed by atoms with Gasteiger partial charge in [-0.25, -0.2) is 0 Å². The third kappa shape index (κ3) is 4.27. The summed E-state index contributed by atoms with van der Waals surface area (Å²) in [6.45, 7) is 4.36. The molecule has 3 heteroatoms. The normalized spacial score (nSPS) is 11.8. The van der Waals surface area contributed by atoms with Gasteiger partial charge in [-0.2, -0.15) is 0 Å². The smallest absolute Gasteiger partial charge is 0.0640 e. The first kappa shape index (κ1) is 26.4. The molecule has 7 aromatic carbocycles. The average Bonchev–Trinajstić information content (AvgIpc) is 3.63. The summed E-state index contributed by atoms with van der Waals surface area (Å²) in [5, 5.41) is 7.81. The Morgan fingerprint density at radius 3 is 1.60 bits per heavy atom. The Bertz CT molecular complexity index is 2440. The fourth-order valence-electron chi connectivity index (χ4n) is 6.81. The molecule has 0 amide bonds. The van der Waals surface area contributed by atoms with Crippen LogP contribution < -0.4 is 4.90 Å². The van der Waals surface area contributed by atoms with E-state index in [0.29, 0.717) is 0 Å². The molecule has 2 heterocycles. The van der Waals surface area contributed by atoms with Crippen molar-refractivity contribution in [3.05, 3.63) is 151 Å². The predicted molar refractivity (Wildman–Crippen MR) is 199 cm³/mol. The summed E-state index contributed by atoms with van der Waals surface area (Å²) in [5.41, 5.74) is 8.65. The van der Waals surface area contributed by atoms with Crippen LogP contribution in [0.25, 0.3) is 62.2 Å². The Hall–Kier alpha value is -4.96. The number of benzene rings is 7. The fraction of sp³-hybridized carbons (Fsp3) is 0.0476. The third-order valence-electron chi connectivity index (χ3n) is 8.98. The highest BCUT2D eigenvalue weighted by Gasteiger charge is 2.21. The maximum Gasteiger partial charge on any atom is 0.0640 e. The minimum Gasteiger partial charge on any atom is -0.308 e. The van der Waals surface area contributed by atoms with E-state index in [0.717, 1.165) is 5.69 Å². The van der Waals surface area contributed by atoms with Gasteiger partial charge in [-0.05, 0) is 83.3 Å². The molecule has 2 aromatic heterocycles. The van der Waals surface area contributed by atoms with Gasteiger partial charge in [0.05, 0.1) is 20.8 Å². The van der Waals surface area contributed by atoms with Gasteiger partial charge in [0.25, 0.3) is 0 Å². The van der Waals surface area contributed by atoms with E-state index in [4.69, 9.17) is 0 Å². The molecule has 0 radical (unpaired) electrons. The first-order valence-electron chi connectivity index (χ1n) is 15.3. The van der Waals surface area contributed by atoms with Crippen LogP contribution in [0.15, 0.2) is 140 Å². The summed E-state index contributed by atoms with van der Waals surface area (Å²) < 4.78 is 5.29. The molecule has 1 nitrogen and oxygen atoms in total. The zero-order valence-electron chi connectivity index (χ0n) is 25.0. The van der Waals surface area contributed by atoms with Crippen LogP contribution in [0.3, 0.4) is 0 Å². The molecule has 0 saturated carbocycles. The monoisotopic (exact) mass is 611 g/mol. The summed E-state index contributed by atoms with van der Waals surface area (Å²) in [7, 11) is 0. The van der Waals surface area contributed by atoms with Crippen molar-refractivity contribution in [2.24, 2.45) is 0 Å². The number of nitrogens with zero attached hydrogens (tertiary/aromatic N) is 1. The number of thiophene rings is 2. The molecule has 9 rings (SSSR count). The highest BCUT2D eigenvalue weighted by molar-refractivity contribution is 7.27. The number of fused-ring (bicyclic) bond motifs is 7. The number of aryl methyl sites for hydroxylation is 2. The van der Waals surface area contributed by atoms with Gasteiger partial charge >= 0.3 is 0 Å². The van der Waals surface area contributed by atoms with Crippen LogP contribution in [-0.4, -0.2) is 0 Å². The van der Waals surface area contributed by atoms with Crippen molar-refractivity contribution in [3.63, 3.8) is 0 Å². The second-order valence-electron chi connectivity index (χ2n) is 11.9. The maximum absolute atomic E-state index is 2.49. The van der Waals surface area contributed by atoms with Crippen LogP contribution in [0.2, 0.25) is 0 Å². The topological polar surface area (TPSA) is 3.24 Å². The summed E-state index contributed by atoms with van der Waals surface area (Å²) in [5.74, 6) is 0. The van der Waals surface area contributed by atoms with Crippen molar-refractivity contribution in [2.45, 2.75) is 13.8 Å². The van der Waals surface area contributed by atoms with Crippen LogP contribution in [-0.2, 0) is 0 Å². The van der Waals surface area contributed by atoms with Gasteiger partial charge in [0.2, 0.25) is 0 Å². The molecule has 9 aromatic rings. The van der Waals surface area contributed by atoms with E-state index < -0.39 is 0 Å². The van der Waals surface area contributed by atoms with Gasteiger partial charge in [0, 0.05) is 36.6 Å². The van der Waals surface area contributed by atoms with Gasteiger partial charge in [0.1, 0.15) is 0 Å². The van der Waals surface area contributed by atoms with Crippen LogP contribution in [0, 0.1) is 13.8 Å². The Labute approximate surface area is 270 Å². The standard InChI is InChI=1S/C42H29NS2/c1-26-16-22-33-35-12-6-14-37(41(35)44-39(33)24-26)43(38-15-7-13-36-34-23-17-27(2)25-40(34)45-42(36)38)30-20-18-29(19-21-30)32-11-5-9-28-8-3-4-10-31(28)32/h3-25H,1-2H3. The molecule has 0 aliphatic rings. The molecule has 0 atom stereocenters. The summed E-state index contributed by atoms with van der Waals surface area (Å²) in [6, 6.07) is 51.6. The van der Waals surface area contributed by atoms with Crippen LogP contribution in [0.5, 0.6) is 0 Å². The van der Waals surface area contributed by atoms with Gasteiger partial charge in [-0.1, -0.05) is 103 Å². The fourth-order valence-corrected chi connectivity index (χ4v) is 9.42. The SMILES string of the molecule is Cc1ccc2c(c1)sc1c(N(c3ccc(-c4cccc5ccccc45)cc3)c3cccc4c3sc3cc(C)ccc34)cccc12. The minimum absolute atomic E-state index is 1.15. The lowest BCUT2D eigenvalue weighted by Gasteiger charge is -2.27. The van der Waals surface area contributed by atoms with Crippen molar-refractivity contribution in [1.82, 2.24) is 0 Å². The number of hydrogen-bond donors (Lipinski definition) is 0. The Balaban J connectivity index is 1.30. The summed E-state index contributed by atoms with van der Waals surface area (Å²) in [4.78, 5) is 2.49. The highest BCUT2D eigenvalue weighted by Crippen LogP contribution is 2.49. The van der Waals surface area contributed by atoms with Gasteiger partial charge in [-0.3, -0.25) is 0 Å². The molecule has 0 unspecified atom stereocenters. The van der Waals surface area contributed by atoms with Crippen LogP contribution in [0.4, 0.5) is 17.1 Å². The molecule has 0 saturated heterocycles. The van der Waals surface area contributed by atoms with Crippen LogP contribution >= 0.6 is 22.7 Å². The van der Waals surface area contributed by atoms with E-state index in [2.05, 4.69) is 158 Å². The molecule has 0 bridgehead atoms. The van der Waals surface area contributed by atoms with Crippen molar-refractivity contribution in [2.75, 3.05) is 4.90 Å². The summed E-state index contributed by atoms with van der Waals surface area (Å²) >= 11 is 3.79. The number of anilines is 3. The first-order chi connectivity index (χ1) is 22.1. The Kier molecular flexibility index (Phi) is 6.06. The third-order valence-corrected chi connectivity index (χ3v) is 11.4. The lowest BCUT2D eigenvalue weighted by Crippen LogP contribution is -2.10. The largest absolute Gasteiger partial charge is 0.308 e. The van der Waals surface area contributed by atoms with Crippen molar-refractivity contribution >= 4 is 90.9 Å². The van der Waals surface area contributed by atoms with Gasteiger partial charge in [-0.15, -0.1) is 22.7 Å². The maximum atomic E-state index is 2.49. The zero-order chi connectivity index (χ0) is 30.1. The molecule has 0 fully saturated rings. The Morgan fingerprint density at radius 1 is 0.444 bits per heavy atom. The number of hydrogen-bond acceptors (Lipinski definition) is 3. The van der Waals surface area contributed by atoms with Crippen molar-refractivity contribution in [3.8, 4) is 11.1 Å². The van der Waals surface area contributed by atoms with E-state index in [1.165, 1.54) is 84.7 Å². The lowest BCUT2D eigenvalue weighted by molar-refractivity contribution is 1.32.